The number of thioether (sulfide) groups is 1. The van der Waals surface area contributed by atoms with Gasteiger partial charge >= 0.3 is 0 Å². The summed E-state index contributed by atoms with van der Waals surface area (Å²) in [7, 11) is 0. The van der Waals surface area contributed by atoms with E-state index in [4.69, 9.17) is 16.3 Å². The molecule has 0 N–H and O–H groups in total. The highest BCUT2D eigenvalue weighted by molar-refractivity contribution is 7.98. The van der Waals surface area contributed by atoms with E-state index in [1.54, 1.807) is 42.7 Å². The topological polar surface area (TPSA) is 68.2 Å². The van der Waals surface area contributed by atoms with Gasteiger partial charge in [0.05, 0.1) is 5.69 Å². The average Bonchev–Trinajstić information content (AvgIpc) is 2.82. The van der Waals surface area contributed by atoms with E-state index in [1.807, 2.05) is 0 Å². The van der Waals surface area contributed by atoms with Gasteiger partial charge in [-0.2, -0.15) is 4.98 Å². The second-order valence-corrected chi connectivity index (χ2v) is 7.20. The lowest BCUT2D eigenvalue weighted by Gasteiger charge is -2.30. The summed E-state index contributed by atoms with van der Waals surface area (Å²) in [6, 6.07) is 11.1. The van der Waals surface area contributed by atoms with E-state index in [1.165, 1.54) is 29.7 Å². The minimum Gasteiger partial charge on any atom is -0.447 e. The molecule has 1 atom stereocenters. The molecule has 6 nitrogen and oxygen atoms in total. The zero-order chi connectivity index (χ0) is 19.8. The van der Waals surface area contributed by atoms with Gasteiger partial charge in [0.1, 0.15) is 5.82 Å². The summed E-state index contributed by atoms with van der Waals surface area (Å²) in [6.45, 7) is 1.39. The lowest BCUT2D eigenvalue weighted by atomic mass is 10.1. The van der Waals surface area contributed by atoms with Crippen LogP contribution in [0, 0.1) is 5.82 Å². The molecular weight excluding hydrogens is 403 g/mol. The quantitative estimate of drug-likeness (QED) is 0.573. The van der Waals surface area contributed by atoms with Crippen LogP contribution in [0.1, 0.15) is 18.7 Å². The number of hydrogen-bond donors (Lipinski definition) is 0. The molecular formula is C19H14ClFN4O2S. The fraction of sp³-hybridized carbons (Fsp3) is 0.158. The molecule has 0 aliphatic carbocycles. The fourth-order valence-corrected chi connectivity index (χ4v) is 3.51. The summed E-state index contributed by atoms with van der Waals surface area (Å²) < 4.78 is 20.7. The Balaban J connectivity index is 2.02. The molecule has 142 valence electrons. The highest BCUT2D eigenvalue weighted by Gasteiger charge is 2.36. The number of carbonyl (C=O) groups excluding carboxylic acids is 1. The molecule has 0 spiro atoms. The molecule has 9 heteroatoms. The zero-order valence-corrected chi connectivity index (χ0v) is 16.5. The van der Waals surface area contributed by atoms with Gasteiger partial charge in [-0.1, -0.05) is 41.6 Å². The predicted octanol–water partition coefficient (Wildman–Crippen LogP) is 4.50. The van der Waals surface area contributed by atoms with Crippen molar-refractivity contribution in [2.45, 2.75) is 18.3 Å². The van der Waals surface area contributed by atoms with E-state index >= 15 is 0 Å². The molecule has 2 aromatic carbocycles. The highest BCUT2D eigenvalue weighted by atomic mass is 35.5. The van der Waals surface area contributed by atoms with E-state index < -0.39 is 12.0 Å². The molecule has 0 saturated carbocycles. The van der Waals surface area contributed by atoms with Gasteiger partial charge in [0.25, 0.3) is 0 Å². The zero-order valence-electron chi connectivity index (χ0n) is 14.9. The normalized spacial score (nSPS) is 15.3. The molecule has 0 bridgehead atoms. The van der Waals surface area contributed by atoms with Crippen molar-refractivity contribution in [1.29, 1.82) is 0 Å². The number of hydrogen-bond acceptors (Lipinski definition) is 6. The summed E-state index contributed by atoms with van der Waals surface area (Å²) in [5, 5.41) is 9.14. The molecule has 0 saturated heterocycles. The molecule has 1 aliphatic rings. The van der Waals surface area contributed by atoms with Crippen LogP contribution in [0.15, 0.2) is 47.6 Å². The van der Waals surface area contributed by atoms with Crippen molar-refractivity contribution < 1.29 is 13.9 Å². The number of amides is 1. The average molecular weight is 417 g/mol. The summed E-state index contributed by atoms with van der Waals surface area (Å²) in [6.07, 6.45) is 0.743. The third-order valence-electron chi connectivity index (χ3n) is 4.26. The number of fused-ring (bicyclic) bond motifs is 3. The Bertz CT molecular complexity index is 1080. The SMILES string of the molecule is CSc1nnc2c(n1)OC(c1ccccc1F)N(C(C)=O)c1ccc(Cl)cc1-2. The largest absolute Gasteiger partial charge is 0.447 e. The van der Waals surface area contributed by atoms with Gasteiger partial charge in [-0.15, -0.1) is 10.2 Å². The van der Waals surface area contributed by atoms with Crippen LogP contribution in [0.25, 0.3) is 11.3 Å². The molecule has 3 aromatic rings. The number of aromatic nitrogens is 3. The standard InChI is InChI=1S/C19H14ClFN4O2S/c1-10(26)25-15-8-7-11(20)9-13(15)16-17(22-19(28-2)24-23-16)27-18(25)12-5-3-4-6-14(12)21/h3-9,18H,1-2H3. The third-order valence-corrected chi connectivity index (χ3v) is 5.03. The molecule has 1 aromatic heterocycles. The maximum Gasteiger partial charge on any atom is 0.247 e. The molecule has 0 fully saturated rings. The molecule has 1 aliphatic heterocycles. The molecule has 0 radical (unpaired) electrons. The van der Waals surface area contributed by atoms with E-state index in [2.05, 4.69) is 15.2 Å². The first-order valence-corrected chi connectivity index (χ1v) is 9.89. The van der Waals surface area contributed by atoms with Crippen molar-refractivity contribution in [1.82, 2.24) is 15.2 Å². The van der Waals surface area contributed by atoms with E-state index in [-0.39, 0.29) is 17.4 Å². The van der Waals surface area contributed by atoms with Crippen LogP contribution in [0.4, 0.5) is 10.1 Å². The third kappa shape index (κ3) is 3.18. The van der Waals surface area contributed by atoms with Gasteiger partial charge in [-0.05, 0) is 30.5 Å². The number of benzene rings is 2. The predicted molar refractivity (Wildman–Crippen MR) is 105 cm³/mol. The van der Waals surface area contributed by atoms with Gasteiger partial charge in [0, 0.05) is 23.1 Å². The lowest BCUT2D eigenvalue weighted by Crippen LogP contribution is -2.36. The van der Waals surface area contributed by atoms with E-state index in [9.17, 15) is 9.18 Å². The summed E-state index contributed by atoms with van der Waals surface area (Å²) in [5.41, 5.74) is 1.55. The van der Waals surface area contributed by atoms with E-state index in [0.29, 0.717) is 27.1 Å². The van der Waals surface area contributed by atoms with Crippen molar-refractivity contribution in [3.8, 4) is 17.1 Å². The van der Waals surface area contributed by atoms with Crippen LogP contribution < -0.4 is 9.64 Å². The van der Waals surface area contributed by atoms with Gasteiger partial charge in [0.15, 0.2) is 5.69 Å². The maximum absolute atomic E-state index is 14.6. The Hall–Kier alpha value is -2.71. The Morgan fingerprint density at radius 2 is 2.04 bits per heavy atom. The molecule has 1 amide bonds. The first-order valence-electron chi connectivity index (χ1n) is 8.29. The summed E-state index contributed by atoms with van der Waals surface area (Å²) in [5.74, 6) is -0.674. The van der Waals surface area contributed by atoms with Crippen LogP contribution in [0.5, 0.6) is 5.88 Å². The second-order valence-electron chi connectivity index (χ2n) is 5.99. The van der Waals surface area contributed by atoms with Crippen molar-refractivity contribution >= 4 is 35.0 Å². The van der Waals surface area contributed by atoms with Gasteiger partial charge in [-0.25, -0.2) is 4.39 Å². The maximum atomic E-state index is 14.6. The van der Waals surface area contributed by atoms with Crippen LogP contribution in [0.2, 0.25) is 5.02 Å². The highest BCUT2D eigenvalue weighted by Crippen LogP contribution is 2.44. The van der Waals surface area contributed by atoms with E-state index in [0.717, 1.165) is 0 Å². The molecule has 4 rings (SSSR count). The minimum absolute atomic E-state index is 0.153. The number of halogens is 2. The molecule has 1 unspecified atom stereocenters. The summed E-state index contributed by atoms with van der Waals surface area (Å²) in [4.78, 5) is 18.3. The van der Waals surface area contributed by atoms with Crippen LogP contribution in [-0.4, -0.2) is 27.3 Å². The number of ether oxygens (including phenoxy) is 1. The Morgan fingerprint density at radius 1 is 1.25 bits per heavy atom. The van der Waals surface area contributed by atoms with Crippen molar-refractivity contribution in [3.05, 3.63) is 58.9 Å². The second kappa shape index (κ2) is 7.37. The van der Waals surface area contributed by atoms with Crippen molar-refractivity contribution in [2.75, 3.05) is 11.2 Å². The monoisotopic (exact) mass is 416 g/mol. The van der Waals surface area contributed by atoms with Crippen molar-refractivity contribution in [2.24, 2.45) is 0 Å². The number of anilines is 1. The van der Waals surface area contributed by atoms with Gasteiger partial charge in [-0.3, -0.25) is 9.69 Å². The Labute approximate surface area is 169 Å². The van der Waals surface area contributed by atoms with Gasteiger partial charge < -0.3 is 4.74 Å². The van der Waals surface area contributed by atoms with Gasteiger partial charge in [0.2, 0.25) is 23.2 Å². The molecule has 2 heterocycles. The van der Waals surface area contributed by atoms with Crippen LogP contribution >= 0.6 is 23.4 Å². The van der Waals surface area contributed by atoms with Crippen molar-refractivity contribution in [3.63, 3.8) is 0 Å². The number of rotatable bonds is 2. The smallest absolute Gasteiger partial charge is 0.247 e. The first kappa shape index (κ1) is 18.6. The summed E-state index contributed by atoms with van der Waals surface area (Å²) >= 11 is 7.48. The minimum atomic E-state index is -1.06. The first-order chi connectivity index (χ1) is 13.5. The number of nitrogens with zero attached hydrogens (tertiary/aromatic N) is 4. The Kier molecular flexibility index (Phi) is 4.91. The fourth-order valence-electron chi connectivity index (χ4n) is 3.04. The molecule has 28 heavy (non-hydrogen) atoms. The Morgan fingerprint density at radius 3 is 2.75 bits per heavy atom. The lowest BCUT2D eigenvalue weighted by molar-refractivity contribution is -0.118. The van der Waals surface area contributed by atoms with Crippen LogP contribution in [0.3, 0.4) is 0 Å². The number of carbonyl (C=O) groups is 1. The van der Waals surface area contributed by atoms with Crippen LogP contribution in [-0.2, 0) is 4.79 Å².